The fourth-order valence-electron chi connectivity index (χ4n) is 3.66. The van der Waals surface area contributed by atoms with E-state index in [9.17, 15) is 4.79 Å². The van der Waals surface area contributed by atoms with Crippen LogP contribution in [0.2, 0.25) is 0 Å². The zero-order valence-corrected chi connectivity index (χ0v) is 20.5. The van der Waals surface area contributed by atoms with Gasteiger partial charge in [0.15, 0.2) is 17.5 Å². The summed E-state index contributed by atoms with van der Waals surface area (Å²) in [5.74, 6) is 2.20. The predicted octanol–water partition coefficient (Wildman–Crippen LogP) is 3.74. The fraction of sp³-hybridized carbons (Fsp3) is 0.619. The molecule has 0 saturated heterocycles. The van der Waals surface area contributed by atoms with E-state index in [1.165, 1.54) is 0 Å². The van der Waals surface area contributed by atoms with Gasteiger partial charge in [-0.15, -0.1) is 24.0 Å². The van der Waals surface area contributed by atoms with E-state index in [1.807, 2.05) is 46.1 Å². The van der Waals surface area contributed by atoms with Crippen molar-refractivity contribution in [2.24, 2.45) is 10.4 Å². The van der Waals surface area contributed by atoms with Crippen molar-refractivity contribution in [2.45, 2.75) is 39.5 Å². The van der Waals surface area contributed by atoms with Gasteiger partial charge >= 0.3 is 0 Å². The number of ether oxygens (including phenoxy) is 2. The number of rotatable bonds is 8. The number of amides is 1. The van der Waals surface area contributed by atoms with E-state index in [0.717, 1.165) is 37.9 Å². The van der Waals surface area contributed by atoms with Crippen molar-refractivity contribution in [2.75, 3.05) is 46.2 Å². The minimum atomic E-state index is -0.387. The second-order valence-corrected chi connectivity index (χ2v) is 7.31. The SMILES string of the molecule is CCNC(=NCC1(C(=O)N(C)C)CCCC1)Nc1ccc(OCC)c(OC)c1.I. The summed E-state index contributed by atoms with van der Waals surface area (Å²) in [7, 11) is 5.27. The van der Waals surface area contributed by atoms with Crippen molar-refractivity contribution in [3.63, 3.8) is 0 Å². The molecular weight excluding hydrogens is 483 g/mol. The number of anilines is 1. The Morgan fingerprint density at radius 1 is 1.21 bits per heavy atom. The van der Waals surface area contributed by atoms with Crippen LogP contribution in [0.5, 0.6) is 11.5 Å². The largest absolute Gasteiger partial charge is 0.493 e. The summed E-state index contributed by atoms with van der Waals surface area (Å²) in [4.78, 5) is 19.2. The Bertz CT molecular complexity index is 689. The summed E-state index contributed by atoms with van der Waals surface area (Å²) in [5.41, 5.74) is 0.460. The molecule has 1 aliphatic rings. The summed E-state index contributed by atoms with van der Waals surface area (Å²) in [6.45, 7) is 5.75. The van der Waals surface area contributed by atoms with Crippen molar-refractivity contribution >= 4 is 41.5 Å². The number of nitrogens with zero attached hydrogens (tertiary/aromatic N) is 2. The molecule has 1 aromatic rings. The maximum atomic E-state index is 12.8. The number of hydrogen-bond donors (Lipinski definition) is 2. The molecule has 2 rings (SSSR count). The first-order chi connectivity index (χ1) is 13.5. The first kappa shape index (κ1) is 25.3. The Kier molecular flexibility index (Phi) is 10.6. The molecule has 29 heavy (non-hydrogen) atoms. The van der Waals surface area contributed by atoms with E-state index >= 15 is 0 Å². The van der Waals surface area contributed by atoms with Gasteiger partial charge in [-0.05, 0) is 38.8 Å². The minimum absolute atomic E-state index is 0. The smallest absolute Gasteiger partial charge is 0.230 e. The quantitative estimate of drug-likeness (QED) is 0.312. The van der Waals surface area contributed by atoms with Gasteiger partial charge in [0.25, 0.3) is 0 Å². The molecule has 0 atom stereocenters. The van der Waals surface area contributed by atoms with Gasteiger partial charge in [-0.25, -0.2) is 0 Å². The molecule has 0 aliphatic heterocycles. The third-order valence-corrected chi connectivity index (χ3v) is 5.03. The lowest BCUT2D eigenvalue weighted by Gasteiger charge is -2.29. The van der Waals surface area contributed by atoms with E-state index in [1.54, 1.807) is 12.0 Å². The molecule has 1 amide bonds. The first-order valence-corrected chi connectivity index (χ1v) is 10.0. The zero-order valence-electron chi connectivity index (χ0n) is 18.2. The molecule has 0 unspecified atom stereocenters. The number of hydrogen-bond acceptors (Lipinski definition) is 4. The molecule has 0 bridgehead atoms. The van der Waals surface area contributed by atoms with Crippen LogP contribution in [0, 0.1) is 5.41 Å². The molecule has 0 spiro atoms. The molecule has 1 aromatic carbocycles. The van der Waals surface area contributed by atoms with Crippen molar-refractivity contribution in [3.8, 4) is 11.5 Å². The molecule has 1 aliphatic carbocycles. The number of carbonyl (C=O) groups is 1. The highest BCUT2D eigenvalue weighted by molar-refractivity contribution is 14.0. The lowest BCUT2D eigenvalue weighted by Crippen LogP contribution is -2.41. The van der Waals surface area contributed by atoms with Gasteiger partial charge in [-0.2, -0.15) is 0 Å². The Morgan fingerprint density at radius 2 is 1.90 bits per heavy atom. The third-order valence-electron chi connectivity index (χ3n) is 5.03. The maximum Gasteiger partial charge on any atom is 0.230 e. The number of guanidine groups is 1. The van der Waals surface area contributed by atoms with E-state index in [-0.39, 0.29) is 35.3 Å². The molecular formula is C21H35IN4O3. The number of benzene rings is 1. The summed E-state index contributed by atoms with van der Waals surface area (Å²) in [6.07, 6.45) is 3.94. The number of nitrogens with one attached hydrogen (secondary N) is 2. The topological polar surface area (TPSA) is 75.2 Å². The second kappa shape index (κ2) is 12.1. The number of carbonyl (C=O) groups excluding carboxylic acids is 1. The molecule has 8 heteroatoms. The van der Waals surface area contributed by atoms with Crippen LogP contribution >= 0.6 is 24.0 Å². The zero-order chi connectivity index (χ0) is 20.6. The Morgan fingerprint density at radius 3 is 2.45 bits per heavy atom. The molecule has 0 aromatic heterocycles. The van der Waals surface area contributed by atoms with Crippen LogP contribution in [0.1, 0.15) is 39.5 Å². The van der Waals surface area contributed by atoms with E-state index < -0.39 is 0 Å². The van der Waals surface area contributed by atoms with Crippen molar-refractivity contribution < 1.29 is 14.3 Å². The van der Waals surface area contributed by atoms with Gasteiger partial charge < -0.3 is 25.0 Å². The van der Waals surface area contributed by atoms with E-state index in [4.69, 9.17) is 14.5 Å². The van der Waals surface area contributed by atoms with Gasteiger partial charge in [-0.1, -0.05) is 12.8 Å². The second-order valence-electron chi connectivity index (χ2n) is 7.31. The highest BCUT2D eigenvalue weighted by atomic mass is 127. The Hall–Kier alpha value is -1.71. The average Bonchev–Trinajstić information content (AvgIpc) is 3.17. The molecule has 7 nitrogen and oxygen atoms in total. The lowest BCUT2D eigenvalue weighted by atomic mass is 9.85. The number of halogens is 1. The fourth-order valence-corrected chi connectivity index (χ4v) is 3.66. The first-order valence-electron chi connectivity index (χ1n) is 10.0. The van der Waals surface area contributed by atoms with Gasteiger partial charge in [0.05, 0.1) is 25.7 Å². The molecule has 2 N–H and O–H groups in total. The van der Waals surface area contributed by atoms with Crippen LogP contribution in [0.15, 0.2) is 23.2 Å². The van der Waals surface area contributed by atoms with Gasteiger partial charge in [0.1, 0.15) is 0 Å². The van der Waals surface area contributed by atoms with E-state index in [0.29, 0.717) is 30.6 Å². The Balaban J connectivity index is 0.00000420. The van der Waals surface area contributed by atoms with Crippen molar-refractivity contribution in [1.29, 1.82) is 0 Å². The predicted molar refractivity (Wildman–Crippen MR) is 129 cm³/mol. The van der Waals surface area contributed by atoms with Crippen LogP contribution in [-0.4, -0.2) is 57.7 Å². The summed E-state index contributed by atoms with van der Waals surface area (Å²) in [5, 5.41) is 6.57. The average molecular weight is 518 g/mol. The number of aliphatic imine (C=N–C) groups is 1. The summed E-state index contributed by atoms with van der Waals surface area (Å²) < 4.78 is 11.0. The van der Waals surface area contributed by atoms with Crippen molar-refractivity contribution in [1.82, 2.24) is 10.2 Å². The monoisotopic (exact) mass is 518 g/mol. The van der Waals surface area contributed by atoms with Gasteiger partial charge in [0.2, 0.25) is 5.91 Å². The van der Waals surface area contributed by atoms with Crippen LogP contribution in [0.25, 0.3) is 0 Å². The molecule has 1 fully saturated rings. The summed E-state index contributed by atoms with van der Waals surface area (Å²) >= 11 is 0. The van der Waals surface area contributed by atoms with Crippen LogP contribution in [-0.2, 0) is 4.79 Å². The normalized spacial score (nSPS) is 15.3. The third kappa shape index (κ3) is 6.65. The van der Waals surface area contributed by atoms with E-state index in [2.05, 4.69) is 10.6 Å². The highest BCUT2D eigenvalue weighted by Gasteiger charge is 2.42. The van der Waals surface area contributed by atoms with Crippen molar-refractivity contribution in [3.05, 3.63) is 18.2 Å². The number of methoxy groups -OCH3 is 1. The van der Waals surface area contributed by atoms with Gasteiger partial charge in [0, 0.05) is 32.4 Å². The lowest BCUT2D eigenvalue weighted by molar-refractivity contribution is -0.138. The molecule has 1 saturated carbocycles. The van der Waals surface area contributed by atoms with Crippen LogP contribution in [0.4, 0.5) is 5.69 Å². The minimum Gasteiger partial charge on any atom is -0.493 e. The summed E-state index contributed by atoms with van der Waals surface area (Å²) in [6, 6.07) is 5.69. The molecule has 0 radical (unpaired) electrons. The van der Waals surface area contributed by atoms with Crippen LogP contribution < -0.4 is 20.1 Å². The maximum absolute atomic E-state index is 12.8. The molecule has 0 heterocycles. The van der Waals surface area contributed by atoms with Crippen LogP contribution in [0.3, 0.4) is 0 Å². The van der Waals surface area contributed by atoms with Gasteiger partial charge in [-0.3, -0.25) is 9.79 Å². The molecule has 164 valence electrons. The Labute approximate surface area is 191 Å². The standard InChI is InChI=1S/C21H34N4O3.HI/c1-6-22-20(23-15-21(12-8-9-13-21)19(26)25(3)4)24-16-10-11-17(28-7-2)18(14-16)27-5;/h10-11,14H,6-9,12-13,15H2,1-5H3,(H2,22,23,24);1H. The highest BCUT2D eigenvalue weighted by Crippen LogP contribution is 2.39.